The molecule has 1 fully saturated rings. The fraction of sp³-hybridized carbons (Fsp3) is 0.533. The van der Waals surface area contributed by atoms with Crippen molar-refractivity contribution in [3.05, 3.63) is 24.3 Å². The fourth-order valence-electron chi connectivity index (χ4n) is 2.61. The summed E-state index contributed by atoms with van der Waals surface area (Å²) in [6, 6.07) is 7.72. The quantitative estimate of drug-likeness (QED) is 0.840. The maximum Gasteiger partial charge on any atom is 0.394 e. The van der Waals surface area contributed by atoms with Gasteiger partial charge >= 0.3 is 6.08 Å². The smallest absolute Gasteiger partial charge is 0.394 e. The Labute approximate surface area is 113 Å². The molecule has 0 saturated carbocycles. The van der Waals surface area contributed by atoms with E-state index < -0.39 is 0 Å². The van der Waals surface area contributed by atoms with Crippen molar-refractivity contribution in [2.45, 2.75) is 25.7 Å². The SMILES string of the molecule is c1ccc2oc(OCCC[C@@H]3CCCNC3)nc2c1. The minimum absolute atomic E-state index is 0.392. The number of aromatic nitrogens is 1. The van der Waals surface area contributed by atoms with E-state index in [4.69, 9.17) is 9.15 Å². The predicted molar refractivity (Wildman–Crippen MR) is 74.3 cm³/mol. The van der Waals surface area contributed by atoms with Crippen molar-refractivity contribution in [1.29, 1.82) is 0 Å². The largest absolute Gasteiger partial charge is 0.450 e. The third-order valence-corrected chi connectivity index (χ3v) is 3.66. The van der Waals surface area contributed by atoms with Crippen LogP contribution in [0.3, 0.4) is 0 Å². The van der Waals surface area contributed by atoms with Crippen molar-refractivity contribution < 1.29 is 9.15 Å². The van der Waals surface area contributed by atoms with Crippen molar-refractivity contribution >= 4 is 11.1 Å². The Hall–Kier alpha value is -1.55. The maximum absolute atomic E-state index is 5.58. The summed E-state index contributed by atoms with van der Waals surface area (Å²) in [5.41, 5.74) is 1.64. The van der Waals surface area contributed by atoms with Gasteiger partial charge in [0.25, 0.3) is 0 Å². The number of benzene rings is 1. The zero-order chi connectivity index (χ0) is 12.9. The summed E-state index contributed by atoms with van der Waals surface area (Å²) in [4.78, 5) is 4.30. The highest BCUT2D eigenvalue weighted by Crippen LogP contribution is 2.20. The molecule has 19 heavy (non-hydrogen) atoms. The molecule has 2 heterocycles. The zero-order valence-corrected chi connectivity index (χ0v) is 11.1. The first-order chi connectivity index (χ1) is 9.42. The van der Waals surface area contributed by atoms with Crippen LogP contribution in [-0.4, -0.2) is 24.7 Å². The van der Waals surface area contributed by atoms with Crippen molar-refractivity contribution in [3.63, 3.8) is 0 Å². The van der Waals surface area contributed by atoms with Gasteiger partial charge in [-0.2, -0.15) is 4.98 Å². The van der Waals surface area contributed by atoms with Crippen LogP contribution in [0, 0.1) is 5.92 Å². The monoisotopic (exact) mass is 260 g/mol. The molecule has 0 spiro atoms. The van der Waals surface area contributed by atoms with Crippen LogP contribution in [0.15, 0.2) is 28.7 Å². The summed E-state index contributed by atoms with van der Waals surface area (Å²) in [5.74, 6) is 0.806. The van der Waals surface area contributed by atoms with E-state index in [0.29, 0.717) is 12.7 Å². The lowest BCUT2D eigenvalue weighted by molar-refractivity contribution is 0.219. The van der Waals surface area contributed by atoms with Crippen LogP contribution < -0.4 is 10.1 Å². The number of rotatable bonds is 5. The van der Waals surface area contributed by atoms with Gasteiger partial charge in [-0.15, -0.1) is 0 Å². The average Bonchev–Trinajstić information content (AvgIpc) is 2.87. The first kappa shape index (κ1) is 12.5. The summed E-state index contributed by atoms with van der Waals surface area (Å²) in [7, 11) is 0. The third-order valence-electron chi connectivity index (χ3n) is 3.66. The molecule has 1 atom stereocenters. The molecule has 1 N–H and O–H groups in total. The lowest BCUT2D eigenvalue weighted by atomic mass is 9.95. The fourth-order valence-corrected chi connectivity index (χ4v) is 2.61. The average molecular weight is 260 g/mol. The van der Waals surface area contributed by atoms with E-state index in [0.717, 1.165) is 30.0 Å². The van der Waals surface area contributed by atoms with Gasteiger partial charge in [-0.05, 0) is 56.8 Å². The second-order valence-electron chi connectivity index (χ2n) is 5.15. The normalized spacial score (nSPS) is 19.7. The number of hydrogen-bond donors (Lipinski definition) is 1. The van der Waals surface area contributed by atoms with E-state index in [1.165, 1.54) is 25.8 Å². The van der Waals surface area contributed by atoms with Gasteiger partial charge in [-0.25, -0.2) is 0 Å². The minimum atomic E-state index is 0.392. The van der Waals surface area contributed by atoms with Crippen LogP contribution in [0.5, 0.6) is 6.08 Å². The molecule has 2 aromatic rings. The molecule has 0 aliphatic carbocycles. The molecule has 3 rings (SSSR count). The maximum atomic E-state index is 5.58. The van der Waals surface area contributed by atoms with E-state index in [2.05, 4.69) is 10.3 Å². The van der Waals surface area contributed by atoms with Crippen LogP contribution in [0.4, 0.5) is 0 Å². The molecule has 1 aromatic heterocycles. The van der Waals surface area contributed by atoms with Crippen LogP contribution >= 0.6 is 0 Å². The molecule has 102 valence electrons. The van der Waals surface area contributed by atoms with E-state index in [-0.39, 0.29) is 0 Å². The number of hydrogen-bond acceptors (Lipinski definition) is 4. The van der Waals surface area contributed by atoms with Crippen LogP contribution in [0.2, 0.25) is 0 Å². The van der Waals surface area contributed by atoms with Gasteiger partial charge < -0.3 is 14.5 Å². The Morgan fingerprint density at radius 2 is 2.32 bits per heavy atom. The highest BCUT2D eigenvalue weighted by atomic mass is 16.6. The highest BCUT2D eigenvalue weighted by molar-refractivity contribution is 5.72. The highest BCUT2D eigenvalue weighted by Gasteiger charge is 2.12. The molecular weight excluding hydrogens is 240 g/mol. The number of para-hydroxylation sites is 2. The predicted octanol–water partition coefficient (Wildman–Crippen LogP) is 2.99. The Kier molecular flexibility index (Phi) is 3.98. The van der Waals surface area contributed by atoms with E-state index in [9.17, 15) is 0 Å². The van der Waals surface area contributed by atoms with Gasteiger partial charge in [0.1, 0.15) is 5.52 Å². The molecule has 0 unspecified atom stereocenters. The van der Waals surface area contributed by atoms with Crippen LogP contribution in [0.25, 0.3) is 11.1 Å². The van der Waals surface area contributed by atoms with Crippen LogP contribution in [-0.2, 0) is 0 Å². The molecule has 1 aliphatic rings. The first-order valence-corrected chi connectivity index (χ1v) is 7.11. The van der Waals surface area contributed by atoms with Gasteiger partial charge in [0.2, 0.25) is 0 Å². The minimum Gasteiger partial charge on any atom is -0.450 e. The van der Waals surface area contributed by atoms with Crippen molar-refractivity contribution in [2.24, 2.45) is 5.92 Å². The van der Waals surface area contributed by atoms with E-state index >= 15 is 0 Å². The van der Waals surface area contributed by atoms with Crippen molar-refractivity contribution in [3.8, 4) is 6.08 Å². The number of ether oxygens (including phenoxy) is 1. The summed E-state index contributed by atoms with van der Waals surface area (Å²) in [6.45, 7) is 3.02. The molecule has 4 heteroatoms. The summed E-state index contributed by atoms with van der Waals surface area (Å²) in [5, 5.41) is 3.44. The lowest BCUT2D eigenvalue weighted by Crippen LogP contribution is -2.29. The van der Waals surface area contributed by atoms with Crippen molar-refractivity contribution in [2.75, 3.05) is 19.7 Å². The molecule has 1 aromatic carbocycles. The molecule has 4 nitrogen and oxygen atoms in total. The molecule has 0 bridgehead atoms. The Morgan fingerprint density at radius 3 is 3.16 bits per heavy atom. The lowest BCUT2D eigenvalue weighted by Gasteiger charge is -2.22. The molecular formula is C15H20N2O2. The number of fused-ring (bicyclic) bond motifs is 1. The summed E-state index contributed by atoms with van der Waals surface area (Å²) < 4.78 is 11.1. The third kappa shape index (κ3) is 3.26. The molecule has 1 saturated heterocycles. The van der Waals surface area contributed by atoms with Gasteiger partial charge in [-0.1, -0.05) is 12.1 Å². The van der Waals surface area contributed by atoms with Crippen LogP contribution in [0.1, 0.15) is 25.7 Å². The summed E-state index contributed by atoms with van der Waals surface area (Å²) >= 11 is 0. The zero-order valence-electron chi connectivity index (χ0n) is 11.1. The molecule has 0 radical (unpaired) electrons. The molecule has 1 aliphatic heterocycles. The van der Waals surface area contributed by atoms with E-state index in [1.54, 1.807) is 0 Å². The number of nitrogens with zero attached hydrogens (tertiary/aromatic N) is 1. The standard InChI is InChI=1S/C15H20N2O2/c1-2-8-14-13(7-1)17-15(19-14)18-10-4-6-12-5-3-9-16-11-12/h1-2,7-8,12,16H,3-6,9-11H2/t12-/m0/s1. The number of piperidine rings is 1. The summed E-state index contributed by atoms with van der Waals surface area (Å²) in [6.07, 6.45) is 5.31. The van der Waals surface area contributed by atoms with Gasteiger partial charge in [0.15, 0.2) is 5.58 Å². The number of oxazole rings is 1. The second kappa shape index (κ2) is 6.06. The first-order valence-electron chi connectivity index (χ1n) is 7.11. The molecule has 0 amide bonds. The Balaban J connectivity index is 1.44. The van der Waals surface area contributed by atoms with Gasteiger partial charge in [0, 0.05) is 0 Å². The Morgan fingerprint density at radius 1 is 1.37 bits per heavy atom. The van der Waals surface area contributed by atoms with E-state index in [1.807, 2.05) is 24.3 Å². The number of nitrogens with one attached hydrogen (secondary N) is 1. The van der Waals surface area contributed by atoms with Gasteiger partial charge in [-0.3, -0.25) is 0 Å². The van der Waals surface area contributed by atoms with Gasteiger partial charge in [0.05, 0.1) is 6.61 Å². The Bertz CT molecular complexity index is 485. The second-order valence-corrected chi connectivity index (χ2v) is 5.15. The topological polar surface area (TPSA) is 47.3 Å². The van der Waals surface area contributed by atoms with Crippen molar-refractivity contribution in [1.82, 2.24) is 10.3 Å².